The van der Waals surface area contributed by atoms with Gasteiger partial charge < -0.3 is 5.32 Å². The molecule has 0 spiro atoms. The van der Waals surface area contributed by atoms with E-state index in [1.54, 1.807) is 11.3 Å². The average Bonchev–Trinajstić information content (AvgIpc) is 3.03. The molecule has 1 N–H and O–H groups in total. The molecule has 1 aliphatic heterocycles. The molecule has 2 heterocycles. The molecular weight excluding hydrogens is 300 g/mol. The molecule has 0 bridgehead atoms. The van der Waals surface area contributed by atoms with Gasteiger partial charge in [-0.05, 0) is 40.6 Å². The maximum Gasteiger partial charge on any atom is 0.0983 e. The van der Waals surface area contributed by atoms with Crippen molar-refractivity contribution >= 4 is 22.9 Å². The van der Waals surface area contributed by atoms with Gasteiger partial charge in [0.05, 0.1) is 6.04 Å². The lowest BCUT2D eigenvalue weighted by atomic mass is 10.1. The van der Waals surface area contributed by atoms with Crippen LogP contribution in [0.5, 0.6) is 0 Å². The largest absolute Gasteiger partial charge is 0.314 e. The Morgan fingerprint density at radius 1 is 1.24 bits per heavy atom. The van der Waals surface area contributed by atoms with Gasteiger partial charge in [0.1, 0.15) is 0 Å². The fourth-order valence-electron chi connectivity index (χ4n) is 2.47. The van der Waals surface area contributed by atoms with Crippen LogP contribution in [0.1, 0.15) is 17.2 Å². The number of rotatable bonds is 2. The van der Waals surface area contributed by atoms with Crippen LogP contribution in [0, 0.1) is 11.8 Å². The molecule has 2 nitrogen and oxygen atoms in total. The number of nitrogens with zero attached hydrogens (tertiary/aromatic N) is 1. The third-order valence-electron chi connectivity index (χ3n) is 3.55. The van der Waals surface area contributed by atoms with Gasteiger partial charge in [0, 0.05) is 36.8 Å². The first-order valence-electron chi connectivity index (χ1n) is 7.07. The molecule has 1 atom stereocenters. The summed E-state index contributed by atoms with van der Waals surface area (Å²) in [6.45, 7) is 4.12. The zero-order valence-corrected chi connectivity index (χ0v) is 13.3. The third-order valence-corrected chi connectivity index (χ3v) is 4.49. The molecule has 0 saturated carbocycles. The summed E-state index contributed by atoms with van der Waals surface area (Å²) in [7, 11) is 0. The first-order valence-corrected chi connectivity index (χ1v) is 8.39. The van der Waals surface area contributed by atoms with E-state index in [-0.39, 0.29) is 6.04 Å². The molecule has 0 aliphatic carbocycles. The predicted molar refractivity (Wildman–Crippen MR) is 89.8 cm³/mol. The Balaban J connectivity index is 1.86. The molecule has 0 radical (unpaired) electrons. The lowest BCUT2D eigenvalue weighted by molar-refractivity contribution is 0.209. The van der Waals surface area contributed by atoms with E-state index in [4.69, 9.17) is 11.6 Å². The zero-order valence-electron chi connectivity index (χ0n) is 11.7. The van der Waals surface area contributed by atoms with Gasteiger partial charge in [0.2, 0.25) is 0 Å². The van der Waals surface area contributed by atoms with E-state index in [0.29, 0.717) is 0 Å². The smallest absolute Gasteiger partial charge is 0.0983 e. The molecule has 1 fully saturated rings. The summed E-state index contributed by atoms with van der Waals surface area (Å²) in [5.74, 6) is 6.71. The summed E-state index contributed by atoms with van der Waals surface area (Å²) in [6, 6.07) is 10.1. The van der Waals surface area contributed by atoms with Gasteiger partial charge in [-0.2, -0.15) is 11.3 Å². The number of thiophene rings is 1. The minimum atomic E-state index is 0.164. The Morgan fingerprint density at radius 2 is 2.10 bits per heavy atom. The van der Waals surface area contributed by atoms with Crippen LogP contribution in [0.2, 0.25) is 5.02 Å². The predicted octanol–water partition coefficient (Wildman–Crippen LogP) is 3.40. The van der Waals surface area contributed by atoms with E-state index in [9.17, 15) is 0 Å². The normalized spacial score (nSPS) is 17.0. The van der Waals surface area contributed by atoms with E-state index >= 15 is 0 Å². The van der Waals surface area contributed by atoms with E-state index in [0.717, 1.165) is 36.8 Å². The van der Waals surface area contributed by atoms with Crippen molar-refractivity contribution in [2.45, 2.75) is 6.04 Å². The van der Waals surface area contributed by atoms with Crippen LogP contribution in [-0.2, 0) is 0 Å². The van der Waals surface area contributed by atoms with Gasteiger partial charge in [-0.3, -0.25) is 4.90 Å². The zero-order chi connectivity index (χ0) is 14.5. The van der Waals surface area contributed by atoms with Crippen molar-refractivity contribution in [2.24, 2.45) is 0 Å². The minimum absolute atomic E-state index is 0.164. The fourth-order valence-corrected chi connectivity index (χ4v) is 3.34. The van der Waals surface area contributed by atoms with Crippen molar-refractivity contribution < 1.29 is 0 Å². The molecule has 1 aromatic carbocycles. The van der Waals surface area contributed by atoms with Crippen molar-refractivity contribution in [2.75, 3.05) is 26.2 Å². The lowest BCUT2D eigenvalue weighted by Crippen LogP contribution is -2.44. The number of hydrogen-bond acceptors (Lipinski definition) is 3. The number of nitrogens with one attached hydrogen (secondary N) is 1. The van der Waals surface area contributed by atoms with Gasteiger partial charge in [-0.25, -0.2) is 0 Å². The number of halogens is 1. The second kappa shape index (κ2) is 7.11. The van der Waals surface area contributed by atoms with Crippen LogP contribution in [0.3, 0.4) is 0 Å². The molecule has 4 heteroatoms. The summed E-state index contributed by atoms with van der Waals surface area (Å²) >= 11 is 7.75. The van der Waals surface area contributed by atoms with Gasteiger partial charge >= 0.3 is 0 Å². The summed E-state index contributed by atoms with van der Waals surface area (Å²) in [5.41, 5.74) is 2.26. The molecule has 0 amide bonds. The number of benzene rings is 1. The minimum Gasteiger partial charge on any atom is -0.314 e. The maximum absolute atomic E-state index is 6.02. The van der Waals surface area contributed by atoms with Crippen LogP contribution in [-0.4, -0.2) is 31.1 Å². The van der Waals surface area contributed by atoms with Crippen LogP contribution < -0.4 is 5.32 Å². The van der Waals surface area contributed by atoms with Gasteiger partial charge in [-0.15, -0.1) is 0 Å². The highest BCUT2D eigenvalue weighted by Crippen LogP contribution is 2.23. The summed E-state index contributed by atoms with van der Waals surface area (Å²) in [4.78, 5) is 2.44. The van der Waals surface area contributed by atoms with Crippen molar-refractivity contribution in [3.8, 4) is 11.8 Å². The Bertz CT molecular complexity index is 636. The summed E-state index contributed by atoms with van der Waals surface area (Å²) in [6.07, 6.45) is 0. The first-order chi connectivity index (χ1) is 10.3. The summed E-state index contributed by atoms with van der Waals surface area (Å²) in [5, 5.41) is 8.43. The van der Waals surface area contributed by atoms with Crippen molar-refractivity contribution in [3.05, 3.63) is 57.2 Å². The Kier molecular flexibility index (Phi) is 4.95. The van der Waals surface area contributed by atoms with E-state index in [1.165, 1.54) is 5.56 Å². The van der Waals surface area contributed by atoms with Crippen molar-refractivity contribution in [3.63, 3.8) is 0 Å². The molecule has 21 heavy (non-hydrogen) atoms. The molecule has 1 unspecified atom stereocenters. The lowest BCUT2D eigenvalue weighted by Gasteiger charge is -2.31. The Morgan fingerprint density at radius 3 is 2.81 bits per heavy atom. The monoisotopic (exact) mass is 316 g/mol. The highest BCUT2D eigenvalue weighted by molar-refractivity contribution is 7.08. The topological polar surface area (TPSA) is 15.3 Å². The standard InChI is InChI=1S/C17H17ClN2S/c18-16-3-1-2-14(12-16)4-5-17(15-6-11-21-13-15)20-9-7-19-8-10-20/h1-3,6,11-13,17,19H,7-10H2. The molecule has 1 aromatic heterocycles. The Hall–Kier alpha value is -1.31. The number of piperazine rings is 1. The van der Waals surface area contributed by atoms with E-state index in [1.807, 2.05) is 24.3 Å². The van der Waals surface area contributed by atoms with Crippen LogP contribution in [0.4, 0.5) is 0 Å². The van der Waals surface area contributed by atoms with Crippen LogP contribution in [0.15, 0.2) is 41.1 Å². The highest BCUT2D eigenvalue weighted by Gasteiger charge is 2.20. The van der Waals surface area contributed by atoms with E-state index in [2.05, 4.69) is 38.9 Å². The SMILES string of the molecule is Clc1cccc(C#CC(c2ccsc2)N2CCNCC2)c1. The average molecular weight is 317 g/mol. The molecule has 2 aromatic rings. The molecule has 1 aliphatic rings. The molecular formula is C17H17ClN2S. The van der Waals surface area contributed by atoms with Crippen molar-refractivity contribution in [1.82, 2.24) is 10.2 Å². The third kappa shape index (κ3) is 3.87. The summed E-state index contributed by atoms with van der Waals surface area (Å²) < 4.78 is 0. The second-order valence-corrected chi connectivity index (χ2v) is 6.24. The van der Waals surface area contributed by atoms with Crippen LogP contribution in [0.25, 0.3) is 0 Å². The van der Waals surface area contributed by atoms with Gasteiger partial charge in [0.15, 0.2) is 0 Å². The molecule has 108 valence electrons. The second-order valence-electron chi connectivity index (χ2n) is 5.02. The van der Waals surface area contributed by atoms with Gasteiger partial charge in [0.25, 0.3) is 0 Å². The quantitative estimate of drug-likeness (QED) is 0.854. The van der Waals surface area contributed by atoms with Crippen LogP contribution >= 0.6 is 22.9 Å². The molecule has 1 saturated heterocycles. The first kappa shape index (κ1) is 14.6. The highest BCUT2D eigenvalue weighted by atomic mass is 35.5. The molecule has 3 rings (SSSR count). The van der Waals surface area contributed by atoms with Gasteiger partial charge in [-0.1, -0.05) is 29.5 Å². The maximum atomic E-state index is 6.02. The Labute approximate surface area is 134 Å². The number of hydrogen-bond donors (Lipinski definition) is 1. The van der Waals surface area contributed by atoms with Crippen molar-refractivity contribution in [1.29, 1.82) is 0 Å². The van der Waals surface area contributed by atoms with E-state index < -0.39 is 0 Å². The fraction of sp³-hybridized carbons (Fsp3) is 0.294.